The Morgan fingerprint density at radius 2 is 1.60 bits per heavy atom. The van der Waals surface area contributed by atoms with Crippen molar-refractivity contribution in [3.8, 4) is 0 Å². The molecule has 0 bridgehead atoms. The molecule has 96 valence electrons. The molecule has 1 aliphatic rings. The molecule has 0 aromatic heterocycles. The average molecular weight is 263 g/mol. The molecular weight excluding hydrogens is 254 g/mol. The second-order valence-corrected chi connectivity index (χ2v) is 4.80. The molecular formula is C16H9NO3. The summed E-state index contributed by atoms with van der Waals surface area (Å²) in [4.78, 5) is 24.3. The number of benzene rings is 3. The lowest BCUT2D eigenvalue weighted by Crippen LogP contribution is -2.37. The summed E-state index contributed by atoms with van der Waals surface area (Å²) < 4.78 is 0. The number of hydroxylamine groups is 2. The smallest absolute Gasteiger partial charge is 0.278 e. The van der Waals surface area contributed by atoms with Crippen molar-refractivity contribution in [1.82, 2.24) is 5.06 Å². The monoisotopic (exact) mass is 263 g/mol. The van der Waals surface area contributed by atoms with Gasteiger partial charge >= 0.3 is 0 Å². The maximum Gasteiger partial charge on any atom is 0.286 e. The summed E-state index contributed by atoms with van der Waals surface area (Å²) in [5.41, 5.74) is 0.737. The van der Waals surface area contributed by atoms with Crippen LogP contribution in [-0.2, 0) is 0 Å². The highest BCUT2D eigenvalue weighted by atomic mass is 16.5. The second-order valence-electron chi connectivity index (χ2n) is 4.80. The minimum Gasteiger partial charge on any atom is -0.278 e. The van der Waals surface area contributed by atoms with E-state index in [0.717, 1.165) is 16.2 Å². The first-order valence-corrected chi connectivity index (χ1v) is 6.20. The molecule has 1 heterocycles. The summed E-state index contributed by atoms with van der Waals surface area (Å²) in [5.74, 6) is -1.35. The maximum absolute atomic E-state index is 12.3. The SMILES string of the molecule is O=C1c2cccc3cc4ccccc4c(c23)C(=O)N1O. The van der Waals surface area contributed by atoms with Crippen LogP contribution in [0.25, 0.3) is 21.5 Å². The standard InChI is InChI=1S/C16H9NO3/c18-15-12-7-3-5-10-8-9-4-1-2-6-11(9)14(13(10)12)16(19)17(15)20/h1-8,20H. The van der Waals surface area contributed by atoms with Crippen LogP contribution in [0.15, 0.2) is 48.5 Å². The Hall–Kier alpha value is -2.72. The Kier molecular flexibility index (Phi) is 2.03. The lowest BCUT2D eigenvalue weighted by molar-refractivity contribution is -0.0376. The summed E-state index contributed by atoms with van der Waals surface area (Å²) in [6.45, 7) is 0. The van der Waals surface area contributed by atoms with E-state index in [1.54, 1.807) is 12.1 Å². The van der Waals surface area contributed by atoms with Crippen LogP contribution in [0.4, 0.5) is 0 Å². The first-order chi connectivity index (χ1) is 9.68. The number of amides is 2. The highest BCUT2D eigenvalue weighted by Crippen LogP contribution is 2.34. The van der Waals surface area contributed by atoms with Gasteiger partial charge in [-0.1, -0.05) is 36.4 Å². The summed E-state index contributed by atoms with van der Waals surface area (Å²) in [6, 6.07) is 14.6. The highest BCUT2D eigenvalue weighted by molar-refractivity contribution is 6.29. The Morgan fingerprint density at radius 1 is 0.850 bits per heavy atom. The number of carbonyl (C=O) groups excluding carboxylic acids is 2. The van der Waals surface area contributed by atoms with Crippen molar-refractivity contribution in [3.63, 3.8) is 0 Å². The summed E-state index contributed by atoms with van der Waals surface area (Å²) in [6.07, 6.45) is 0. The van der Waals surface area contributed by atoms with E-state index < -0.39 is 11.8 Å². The van der Waals surface area contributed by atoms with Gasteiger partial charge in [0.15, 0.2) is 0 Å². The summed E-state index contributed by atoms with van der Waals surface area (Å²) >= 11 is 0. The lowest BCUT2D eigenvalue weighted by Gasteiger charge is -2.23. The van der Waals surface area contributed by atoms with Gasteiger partial charge in [-0.05, 0) is 28.3 Å². The maximum atomic E-state index is 12.3. The van der Waals surface area contributed by atoms with Crippen LogP contribution in [0, 0.1) is 0 Å². The number of nitrogens with zero attached hydrogens (tertiary/aromatic N) is 1. The largest absolute Gasteiger partial charge is 0.286 e. The molecule has 4 rings (SSSR count). The minimum atomic E-state index is -0.677. The van der Waals surface area contributed by atoms with Crippen LogP contribution in [0.1, 0.15) is 20.7 Å². The molecule has 0 radical (unpaired) electrons. The van der Waals surface area contributed by atoms with E-state index in [-0.39, 0.29) is 5.06 Å². The molecule has 0 saturated carbocycles. The quantitative estimate of drug-likeness (QED) is 0.385. The van der Waals surface area contributed by atoms with Crippen LogP contribution < -0.4 is 0 Å². The van der Waals surface area contributed by atoms with Gasteiger partial charge in [0.25, 0.3) is 11.8 Å². The number of hydrogen-bond acceptors (Lipinski definition) is 3. The number of rotatable bonds is 0. The van der Waals surface area contributed by atoms with Crippen molar-refractivity contribution in [2.24, 2.45) is 0 Å². The predicted molar refractivity (Wildman–Crippen MR) is 73.7 cm³/mol. The van der Waals surface area contributed by atoms with Crippen LogP contribution in [0.3, 0.4) is 0 Å². The molecule has 0 aliphatic carbocycles. The van der Waals surface area contributed by atoms with E-state index in [2.05, 4.69) is 0 Å². The van der Waals surface area contributed by atoms with E-state index in [1.165, 1.54) is 0 Å². The third-order valence-corrected chi connectivity index (χ3v) is 3.72. The van der Waals surface area contributed by atoms with Gasteiger partial charge in [0.05, 0.1) is 11.1 Å². The number of hydrogen-bond donors (Lipinski definition) is 1. The van der Waals surface area contributed by atoms with Gasteiger partial charge < -0.3 is 0 Å². The normalized spacial score (nSPS) is 14.3. The van der Waals surface area contributed by atoms with Crippen LogP contribution in [0.5, 0.6) is 0 Å². The molecule has 2 amide bonds. The summed E-state index contributed by atoms with van der Waals surface area (Å²) in [7, 11) is 0. The molecule has 1 aliphatic heterocycles. The van der Waals surface area contributed by atoms with Crippen LogP contribution >= 0.6 is 0 Å². The third-order valence-electron chi connectivity index (χ3n) is 3.72. The second kappa shape index (κ2) is 3.65. The van der Waals surface area contributed by atoms with Crippen molar-refractivity contribution >= 4 is 33.4 Å². The van der Waals surface area contributed by atoms with Crippen molar-refractivity contribution in [1.29, 1.82) is 0 Å². The zero-order valence-corrected chi connectivity index (χ0v) is 10.3. The van der Waals surface area contributed by atoms with Crippen molar-refractivity contribution in [3.05, 3.63) is 59.7 Å². The first kappa shape index (κ1) is 11.1. The van der Waals surface area contributed by atoms with Gasteiger partial charge in [-0.15, -0.1) is 5.06 Å². The summed E-state index contributed by atoms with van der Waals surface area (Å²) in [5, 5.41) is 13.0. The number of fused-ring (bicyclic) bond motifs is 2. The number of imide groups is 1. The van der Waals surface area contributed by atoms with E-state index in [4.69, 9.17) is 0 Å². The Bertz CT molecular complexity index is 914. The fraction of sp³-hybridized carbons (Fsp3) is 0. The Balaban J connectivity index is 2.33. The molecule has 4 heteroatoms. The van der Waals surface area contributed by atoms with E-state index in [1.807, 2.05) is 36.4 Å². The lowest BCUT2D eigenvalue weighted by atomic mass is 9.90. The molecule has 3 aromatic rings. The average Bonchev–Trinajstić information content (AvgIpc) is 2.48. The molecule has 4 nitrogen and oxygen atoms in total. The van der Waals surface area contributed by atoms with E-state index in [9.17, 15) is 14.8 Å². The van der Waals surface area contributed by atoms with Gasteiger partial charge in [0, 0.05) is 5.39 Å². The van der Waals surface area contributed by atoms with Gasteiger partial charge in [-0.25, -0.2) is 0 Å². The zero-order valence-electron chi connectivity index (χ0n) is 10.3. The Morgan fingerprint density at radius 3 is 2.45 bits per heavy atom. The highest BCUT2D eigenvalue weighted by Gasteiger charge is 2.33. The first-order valence-electron chi connectivity index (χ1n) is 6.20. The van der Waals surface area contributed by atoms with Gasteiger partial charge in [0.2, 0.25) is 0 Å². The van der Waals surface area contributed by atoms with Crippen LogP contribution in [0.2, 0.25) is 0 Å². The minimum absolute atomic E-state index is 0.198. The molecule has 0 fully saturated rings. The molecule has 0 atom stereocenters. The fourth-order valence-corrected chi connectivity index (χ4v) is 2.83. The molecule has 20 heavy (non-hydrogen) atoms. The zero-order chi connectivity index (χ0) is 13.9. The fourth-order valence-electron chi connectivity index (χ4n) is 2.83. The molecule has 1 N–H and O–H groups in total. The topological polar surface area (TPSA) is 57.6 Å². The molecule has 0 spiro atoms. The van der Waals surface area contributed by atoms with E-state index >= 15 is 0 Å². The van der Waals surface area contributed by atoms with Gasteiger partial charge in [-0.2, -0.15) is 0 Å². The molecule has 0 unspecified atom stereocenters. The van der Waals surface area contributed by atoms with Crippen molar-refractivity contribution in [2.45, 2.75) is 0 Å². The molecule has 3 aromatic carbocycles. The number of carbonyl (C=O) groups is 2. The Labute approximate surface area is 113 Å². The van der Waals surface area contributed by atoms with Crippen molar-refractivity contribution in [2.75, 3.05) is 0 Å². The predicted octanol–water partition coefficient (Wildman–Crippen LogP) is 2.98. The van der Waals surface area contributed by atoms with Crippen molar-refractivity contribution < 1.29 is 14.8 Å². The third kappa shape index (κ3) is 1.23. The van der Waals surface area contributed by atoms with E-state index in [0.29, 0.717) is 16.5 Å². The molecule has 0 saturated heterocycles. The van der Waals surface area contributed by atoms with Gasteiger partial charge in [-0.3, -0.25) is 14.8 Å². The van der Waals surface area contributed by atoms with Crippen LogP contribution in [-0.4, -0.2) is 22.1 Å². The van der Waals surface area contributed by atoms with Gasteiger partial charge in [0.1, 0.15) is 0 Å².